The molecule has 1 atom stereocenters. The monoisotopic (exact) mass is 236 g/mol. The summed E-state index contributed by atoms with van der Waals surface area (Å²) in [6, 6.07) is 1.98. The Balaban J connectivity index is 2.07. The number of hydrogen-bond acceptors (Lipinski definition) is 5. The first-order valence-corrected chi connectivity index (χ1v) is 6.25. The molecule has 0 saturated carbocycles. The topological polar surface area (TPSA) is 61.3 Å². The zero-order valence-electron chi connectivity index (χ0n) is 10.3. The van der Waals surface area contributed by atoms with Gasteiger partial charge in [-0.05, 0) is 25.7 Å². The second kappa shape index (κ2) is 5.82. The molecule has 5 heteroatoms. The molecule has 0 aliphatic carbocycles. The molecule has 0 aromatic carbocycles. The van der Waals surface area contributed by atoms with Crippen molar-refractivity contribution in [1.82, 2.24) is 9.97 Å². The second-order valence-corrected chi connectivity index (χ2v) is 4.43. The van der Waals surface area contributed by atoms with E-state index in [-0.39, 0.29) is 6.61 Å². The van der Waals surface area contributed by atoms with Crippen LogP contribution in [0.3, 0.4) is 0 Å². The van der Waals surface area contributed by atoms with Gasteiger partial charge in [0.1, 0.15) is 18.0 Å². The lowest BCUT2D eigenvalue weighted by Gasteiger charge is -2.32. The SMILES string of the molecule is CCNc1cc(N2CCCC(CO)C2)ncn1. The van der Waals surface area contributed by atoms with Crippen molar-refractivity contribution in [3.63, 3.8) is 0 Å². The van der Waals surface area contributed by atoms with Crippen molar-refractivity contribution < 1.29 is 5.11 Å². The summed E-state index contributed by atoms with van der Waals surface area (Å²) in [5.41, 5.74) is 0. The van der Waals surface area contributed by atoms with Gasteiger partial charge in [0, 0.05) is 32.3 Å². The highest BCUT2D eigenvalue weighted by Gasteiger charge is 2.20. The minimum Gasteiger partial charge on any atom is -0.396 e. The Hall–Kier alpha value is -1.36. The van der Waals surface area contributed by atoms with E-state index in [0.29, 0.717) is 5.92 Å². The Morgan fingerprint density at radius 1 is 1.53 bits per heavy atom. The van der Waals surface area contributed by atoms with Gasteiger partial charge in [-0.1, -0.05) is 0 Å². The van der Waals surface area contributed by atoms with Crippen molar-refractivity contribution in [2.24, 2.45) is 5.92 Å². The molecule has 0 bridgehead atoms. The van der Waals surface area contributed by atoms with Crippen molar-refractivity contribution in [2.45, 2.75) is 19.8 Å². The summed E-state index contributed by atoms with van der Waals surface area (Å²) in [6.07, 6.45) is 3.82. The van der Waals surface area contributed by atoms with Gasteiger partial charge in [-0.25, -0.2) is 9.97 Å². The van der Waals surface area contributed by atoms with Crippen molar-refractivity contribution in [3.05, 3.63) is 12.4 Å². The van der Waals surface area contributed by atoms with E-state index in [4.69, 9.17) is 0 Å². The van der Waals surface area contributed by atoms with E-state index in [0.717, 1.165) is 44.1 Å². The van der Waals surface area contributed by atoms with Gasteiger partial charge >= 0.3 is 0 Å². The third-order valence-electron chi connectivity index (χ3n) is 3.11. The third kappa shape index (κ3) is 3.06. The molecular formula is C12H20N4O. The number of rotatable bonds is 4. The van der Waals surface area contributed by atoms with E-state index in [2.05, 4.69) is 20.2 Å². The number of nitrogens with zero attached hydrogens (tertiary/aromatic N) is 3. The largest absolute Gasteiger partial charge is 0.396 e. The molecule has 2 N–H and O–H groups in total. The van der Waals surface area contributed by atoms with E-state index < -0.39 is 0 Å². The smallest absolute Gasteiger partial charge is 0.134 e. The van der Waals surface area contributed by atoms with Crippen molar-refractivity contribution in [2.75, 3.05) is 36.5 Å². The summed E-state index contributed by atoms with van der Waals surface area (Å²) < 4.78 is 0. The minimum absolute atomic E-state index is 0.266. The summed E-state index contributed by atoms with van der Waals surface area (Å²) in [4.78, 5) is 10.7. The van der Waals surface area contributed by atoms with Crippen LogP contribution in [0.4, 0.5) is 11.6 Å². The highest BCUT2D eigenvalue weighted by Crippen LogP contribution is 2.22. The number of piperidine rings is 1. The fourth-order valence-corrected chi connectivity index (χ4v) is 2.22. The Bertz CT molecular complexity index is 358. The fourth-order valence-electron chi connectivity index (χ4n) is 2.22. The summed E-state index contributed by atoms with van der Waals surface area (Å²) >= 11 is 0. The van der Waals surface area contributed by atoms with Gasteiger partial charge in [0.2, 0.25) is 0 Å². The van der Waals surface area contributed by atoms with Gasteiger partial charge in [0.05, 0.1) is 0 Å². The molecule has 0 amide bonds. The molecule has 1 aliphatic heterocycles. The summed E-state index contributed by atoms with van der Waals surface area (Å²) in [5, 5.41) is 12.4. The van der Waals surface area contributed by atoms with Crippen LogP contribution in [-0.4, -0.2) is 41.3 Å². The molecule has 17 heavy (non-hydrogen) atoms. The van der Waals surface area contributed by atoms with E-state index in [1.54, 1.807) is 6.33 Å². The molecule has 1 saturated heterocycles. The lowest BCUT2D eigenvalue weighted by atomic mass is 9.99. The molecule has 94 valence electrons. The molecule has 5 nitrogen and oxygen atoms in total. The van der Waals surface area contributed by atoms with Crippen molar-refractivity contribution in [3.8, 4) is 0 Å². The molecule has 1 unspecified atom stereocenters. The van der Waals surface area contributed by atoms with Crippen LogP contribution in [0, 0.1) is 5.92 Å². The number of aromatic nitrogens is 2. The van der Waals surface area contributed by atoms with Crippen LogP contribution in [0.25, 0.3) is 0 Å². The first-order chi connectivity index (χ1) is 8.33. The molecule has 0 radical (unpaired) electrons. The minimum atomic E-state index is 0.266. The number of aliphatic hydroxyl groups excluding tert-OH is 1. The predicted molar refractivity (Wildman–Crippen MR) is 68.2 cm³/mol. The molecule has 2 rings (SSSR count). The molecule has 1 aromatic rings. The molecular weight excluding hydrogens is 216 g/mol. The van der Waals surface area contributed by atoms with E-state index in [1.807, 2.05) is 13.0 Å². The Kier molecular flexibility index (Phi) is 4.14. The van der Waals surface area contributed by atoms with Gasteiger partial charge in [-0.15, -0.1) is 0 Å². The fraction of sp³-hybridized carbons (Fsp3) is 0.667. The Morgan fingerprint density at radius 3 is 3.18 bits per heavy atom. The van der Waals surface area contributed by atoms with Crippen molar-refractivity contribution in [1.29, 1.82) is 0 Å². The van der Waals surface area contributed by atoms with Crippen LogP contribution in [0.2, 0.25) is 0 Å². The maximum atomic E-state index is 9.22. The zero-order valence-corrected chi connectivity index (χ0v) is 10.3. The molecule has 2 heterocycles. The average molecular weight is 236 g/mol. The number of nitrogens with one attached hydrogen (secondary N) is 1. The van der Waals surface area contributed by atoms with E-state index in [9.17, 15) is 5.11 Å². The van der Waals surface area contributed by atoms with E-state index in [1.165, 1.54) is 0 Å². The Morgan fingerprint density at radius 2 is 2.41 bits per heavy atom. The average Bonchev–Trinajstić information content (AvgIpc) is 2.40. The van der Waals surface area contributed by atoms with Gasteiger partial charge in [-0.3, -0.25) is 0 Å². The van der Waals surface area contributed by atoms with Crippen LogP contribution in [0.15, 0.2) is 12.4 Å². The quantitative estimate of drug-likeness (QED) is 0.820. The molecule has 0 spiro atoms. The maximum Gasteiger partial charge on any atom is 0.134 e. The van der Waals surface area contributed by atoms with Crippen LogP contribution < -0.4 is 10.2 Å². The van der Waals surface area contributed by atoms with Gasteiger partial charge in [-0.2, -0.15) is 0 Å². The first kappa shape index (κ1) is 12.1. The Labute approximate surface area is 102 Å². The second-order valence-electron chi connectivity index (χ2n) is 4.43. The highest BCUT2D eigenvalue weighted by atomic mass is 16.3. The van der Waals surface area contributed by atoms with Crippen LogP contribution >= 0.6 is 0 Å². The maximum absolute atomic E-state index is 9.22. The normalized spacial score (nSPS) is 20.4. The summed E-state index contributed by atoms with van der Waals surface area (Å²) in [5.74, 6) is 2.19. The lowest BCUT2D eigenvalue weighted by Crippen LogP contribution is -2.37. The number of aliphatic hydroxyl groups is 1. The van der Waals surface area contributed by atoms with Crippen LogP contribution in [0.1, 0.15) is 19.8 Å². The van der Waals surface area contributed by atoms with Gasteiger partial charge in [0.15, 0.2) is 0 Å². The van der Waals surface area contributed by atoms with Gasteiger partial charge < -0.3 is 15.3 Å². The van der Waals surface area contributed by atoms with Gasteiger partial charge in [0.25, 0.3) is 0 Å². The lowest BCUT2D eigenvalue weighted by molar-refractivity contribution is 0.208. The van der Waals surface area contributed by atoms with Crippen LogP contribution in [-0.2, 0) is 0 Å². The number of hydrogen-bond donors (Lipinski definition) is 2. The molecule has 1 aromatic heterocycles. The predicted octanol–water partition coefficient (Wildman–Crippen LogP) is 1.12. The zero-order chi connectivity index (χ0) is 12.1. The molecule has 1 aliphatic rings. The van der Waals surface area contributed by atoms with Crippen LogP contribution in [0.5, 0.6) is 0 Å². The summed E-state index contributed by atoms with van der Waals surface area (Å²) in [6.45, 7) is 5.07. The highest BCUT2D eigenvalue weighted by molar-refractivity contribution is 5.48. The van der Waals surface area contributed by atoms with E-state index >= 15 is 0 Å². The third-order valence-corrected chi connectivity index (χ3v) is 3.11. The summed E-state index contributed by atoms with van der Waals surface area (Å²) in [7, 11) is 0. The first-order valence-electron chi connectivity index (χ1n) is 6.25. The standard InChI is InChI=1S/C12H20N4O/c1-2-13-11-6-12(15-9-14-11)16-5-3-4-10(7-16)8-17/h6,9-10,17H,2-5,7-8H2,1H3,(H,13,14,15). The molecule has 1 fully saturated rings. The van der Waals surface area contributed by atoms with Crippen molar-refractivity contribution >= 4 is 11.6 Å². The number of anilines is 2.